The van der Waals surface area contributed by atoms with Gasteiger partial charge in [0.25, 0.3) is 15.9 Å². The molecule has 0 atom stereocenters. The maximum Gasteiger partial charge on any atom is 0.264 e. The first-order valence-corrected chi connectivity index (χ1v) is 13.4. The van der Waals surface area contributed by atoms with Crippen LogP contribution in [0.1, 0.15) is 12.5 Å². The molecule has 0 aliphatic rings. The van der Waals surface area contributed by atoms with Crippen LogP contribution in [0.15, 0.2) is 88.9 Å². The van der Waals surface area contributed by atoms with Gasteiger partial charge in [-0.15, -0.1) is 0 Å². The Kier molecular flexibility index (Phi) is 8.45. The number of anilines is 1. The van der Waals surface area contributed by atoms with Crippen molar-refractivity contribution in [1.82, 2.24) is 10.4 Å². The van der Waals surface area contributed by atoms with Gasteiger partial charge < -0.3 is 9.47 Å². The maximum absolute atomic E-state index is 13.6. The number of pyridine rings is 1. The van der Waals surface area contributed by atoms with E-state index in [1.807, 2.05) is 6.07 Å². The predicted octanol–water partition coefficient (Wildman–Crippen LogP) is 4.64. The molecule has 0 unspecified atom stereocenters. The lowest BCUT2D eigenvalue weighted by molar-refractivity contribution is -0.119. The Labute approximate surface area is 225 Å². The van der Waals surface area contributed by atoms with Crippen molar-refractivity contribution in [3.05, 3.63) is 89.6 Å². The first kappa shape index (κ1) is 26.9. The van der Waals surface area contributed by atoms with Gasteiger partial charge in [-0.3, -0.25) is 9.10 Å². The summed E-state index contributed by atoms with van der Waals surface area (Å²) in [6, 6.07) is 21.6. The van der Waals surface area contributed by atoms with Gasteiger partial charge in [0.1, 0.15) is 23.2 Å². The standard InChI is InChI=1S/C27H25ClN4O5S/c1-3-37-25-12-8-7-11-24(25)32(38(34,35)22-9-5-4-6-10-22)18-26(33)31-29-17-20-15-19-13-14-21(36-2)16-23(19)30-27(20)28/h4-17H,3,18H2,1-2H3,(H,31,33)/b29-17+. The topological polar surface area (TPSA) is 110 Å². The molecule has 0 radical (unpaired) electrons. The van der Waals surface area contributed by atoms with Crippen molar-refractivity contribution in [3.8, 4) is 11.5 Å². The van der Waals surface area contributed by atoms with Crippen LogP contribution < -0.4 is 19.2 Å². The molecule has 4 rings (SSSR count). The van der Waals surface area contributed by atoms with Crippen molar-refractivity contribution >= 4 is 50.3 Å². The van der Waals surface area contributed by atoms with E-state index < -0.39 is 22.5 Å². The summed E-state index contributed by atoms with van der Waals surface area (Å²) in [5.41, 5.74) is 3.72. The first-order valence-electron chi connectivity index (χ1n) is 11.6. The number of hydrazone groups is 1. The van der Waals surface area contributed by atoms with E-state index in [9.17, 15) is 13.2 Å². The SMILES string of the molecule is CCOc1ccccc1N(CC(=O)N/N=C/c1cc2ccc(OC)cc2nc1Cl)S(=O)(=O)c1ccccc1. The molecule has 1 heterocycles. The van der Waals surface area contributed by atoms with Crippen LogP contribution in [0, 0.1) is 0 Å². The molecule has 0 bridgehead atoms. The van der Waals surface area contributed by atoms with Gasteiger partial charge in [-0.05, 0) is 49.4 Å². The predicted molar refractivity (Wildman–Crippen MR) is 148 cm³/mol. The van der Waals surface area contributed by atoms with Crippen molar-refractivity contribution in [2.75, 3.05) is 24.6 Å². The fourth-order valence-electron chi connectivity index (χ4n) is 3.66. The van der Waals surface area contributed by atoms with Crippen LogP contribution in [0.2, 0.25) is 5.15 Å². The zero-order valence-corrected chi connectivity index (χ0v) is 22.2. The zero-order chi connectivity index (χ0) is 27.1. The van der Waals surface area contributed by atoms with Crippen molar-refractivity contribution in [2.24, 2.45) is 5.10 Å². The Balaban J connectivity index is 1.58. The number of sulfonamides is 1. The van der Waals surface area contributed by atoms with Crippen LogP contribution >= 0.6 is 11.6 Å². The smallest absolute Gasteiger partial charge is 0.264 e. The Bertz CT molecular complexity index is 1580. The van der Waals surface area contributed by atoms with E-state index in [1.54, 1.807) is 74.7 Å². The highest BCUT2D eigenvalue weighted by Crippen LogP contribution is 2.32. The molecule has 0 fully saturated rings. The number of halogens is 1. The van der Waals surface area contributed by atoms with Crippen LogP contribution in [0.4, 0.5) is 5.69 Å². The summed E-state index contributed by atoms with van der Waals surface area (Å²) in [7, 11) is -2.54. The van der Waals surface area contributed by atoms with Crippen LogP contribution in [-0.2, 0) is 14.8 Å². The van der Waals surface area contributed by atoms with Crippen LogP contribution in [0.3, 0.4) is 0 Å². The number of nitrogens with zero attached hydrogens (tertiary/aromatic N) is 3. The molecular formula is C27H25ClN4O5S. The molecule has 1 aromatic heterocycles. The molecule has 196 valence electrons. The fraction of sp³-hybridized carbons (Fsp3) is 0.148. The summed E-state index contributed by atoms with van der Waals surface area (Å²) < 4.78 is 38.9. The van der Waals surface area contributed by atoms with E-state index in [2.05, 4.69) is 15.5 Å². The summed E-state index contributed by atoms with van der Waals surface area (Å²) >= 11 is 6.30. The van der Waals surface area contributed by atoms with Gasteiger partial charge >= 0.3 is 0 Å². The third-order valence-corrected chi connectivity index (χ3v) is 7.53. The van der Waals surface area contributed by atoms with Crippen molar-refractivity contribution in [3.63, 3.8) is 0 Å². The molecule has 0 saturated heterocycles. The zero-order valence-electron chi connectivity index (χ0n) is 20.7. The highest BCUT2D eigenvalue weighted by atomic mass is 35.5. The number of fused-ring (bicyclic) bond motifs is 1. The van der Waals surface area contributed by atoms with Crippen molar-refractivity contribution < 1.29 is 22.7 Å². The average molecular weight is 553 g/mol. The van der Waals surface area contributed by atoms with E-state index in [-0.39, 0.29) is 15.7 Å². The number of nitrogens with one attached hydrogen (secondary N) is 1. The van der Waals surface area contributed by atoms with E-state index in [0.29, 0.717) is 29.2 Å². The molecule has 4 aromatic rings. The molecule has 3 aromatic carbocycles. The number of rotatable bonds is 10. The Morgan fingerprint density at radius 2 is 1.82 bits per heavy atom. The number of carbonyl (C=O) groups is 1. The number of carbonyl (C=O) groups excluding carboxylic acids is 1. The van der Waals surface area contributed by atoms with Gasteiger partial charge in [-0.1, -0.05) is 41.9 Å². The molecule has 11 heteroatoms. The molecule has 9 nitrogen and oxygen atoms in total. The van der Waals surface area contributed by atoms with Crippen LogP contribution in [0.25, 0.3) is 10.9 Å². The Hall–Kier alpha value is -4.15. The van der Waals surface area contributed by atoms with Crippen molar-refractivity contribution in [2.45, 2.75) is 11.8 Å². The molecule has 0 aliphatic carbocycles. The third kappa shape index (κ3) is 6.04. The summed E-state index contributed by atoms with van der Waals surface area (Å²) in [5, 5.41) is 4.96. The normalized spacial score (nSPS) is 11.4. The number of para-hydroxylation sites is 2. The minimum absolute atomic E-state index is 0.0354. The number of aromatic nitrogens is 1. The summed E-state index contributed by atoms with van der Waals surface area (Å²) in [4.78, 5) is 17.3. The summed E-state index contributed by atoms with van der Waals surface area (Å²) in [6.45, 7) is 1.57. The van der Waals surface area contributed by atoms with E-state index in [0.717, 1.165) is 9.69 Å². The average Bonchev–Trinajstić information content (AvgIpc) is 2.92. The lowest BCUT2D eigenvalue weighted by Gasteiger charge is -2.25. The second kappa shape index (κ2) is 11.9. The monoisotopic (exact) mass is 552 g/mol. The number of hydrogen-bond acceptors (Lipinski definition) is 7. The minimum Gasteiger partial charge on any atom is -0.497 e. The first-order chi connectivity index (χ1) is 18.3. The summed E-state index contributed by atoms with van der Waals surface area (Å²) in [6.07, 6.45) is 1.35. The van der Waals surface area contributed by atoms with Gasteiger partial charge in [0.15, 0.2) is 0 Å². The number of benzene rings is 3. The quantitative estimate of drug-likeness (QED) is 0.174. The Morgan fingerprint density at radius 1 is 1.08 bits per heavy atom. The molecule has 0 aliphatic heterocycles. The second-order valence-corrected chi connectivity index (χ2v) is 10.2. The van der Waals surface area contributed by atoms with Gasteiger partial charge in [0, 0.05) is 17.0 Å². The second-order valence-electron chi connectivity index (χ2n) is 7.95. The fourth-order valence-corrected chi connectivity index (χ4v) is 5.30. The Morgan fingerprint density at radius 3 is 2.55 bits per heavy atom. The van der Waals surface area contributed by atoms with E-state index in [4.69, 9.17) is 21.1 Å². The molecule has 0 spiro atoms. The minimum atomic E-state index is -4.10. The molecule has 1 N–H and O–H groups in total. The third-order valence-electron chi connectivity index (χ3n) is 5.45. The van der Waals surface area contributed by atoms with E-state index in [1.165, 1.54) is 18.3 Å². The van der Waals surface area contributed by atoms with Crippen LogP contribution in [0.5, 0.6) is 11.5 Å². The maximum atomic E-state index is 13.6. The highest BCUT2D eigenvalue weighted by molar-refractivity contribution is 7.92. The lowest BCUT2D eigenvalue weighted by Crippen LogP contribution is -2.39. The molecular weight excluding hydrogens is 528 g/mol. The van der Waals surface area contributed by atoms with Crippen molar-refractivity contribution in [1.29, 1.82) is 0 Å². The number of amides is 1. The number of ether oxygens (including phenoxy) is 2. The highest BCUT2D eigenvalue weighted by Gasteiger charge is 2.29. The molecule has 38 heavy (non-hydrogen) atoms. The summed E-state index contributed by atoms with van der Waals surface area (Å²) in [5.74, 6) is 0.314. The molecule has 1 amide bonds. The largest absolute Gasteiger partial charge is 0.497 e. The van der Waals surface area contributed by atoms with E-state index >= 15 is 0 Å². The van der Waals surface area contributed by atoms with Gasteiger partial charge in [0.2, 0.25) is 0 Å². The molecule has 0 saturated carbocycles. The number of hydrogen-bond donors (Lipinski definition) is 1. The van der Waals surface area contributed by atoms with Gasteiger partial charge in [-0.25, -0.2) is 18.8 Å². The van der Waals surface area contributed by atoms with Gasteiger partial charge in [0.05, 0.1) is 36.0 Å². The number of methoxy groups -OCH3 is 1. The van der Waals surface area contributed by atoms with Crippen LogP contribution in [-0.4, -0.2) is 45.8 Å². The van der Waals surface area contributed by atoms with Gasteiger partial charge in [-0.2, -0.15) is 5.10 Å². The lowest BCUT2D eigenvalue weighted by atomic mass is 10.1.